The smallest absolute Gasteiger partial charge is 0.229 e. The van der Waals surface area contributed by atoms with Gasteiger partial charge in [0.25, 0.3) is 0 Å². The van der Waals surface area contributed by atoms with Crippen LogP contribution in [0.3, 0.4) is 0 Å². The summed E-state index contributed by atoms with van der Waals surface area (Å²) >= 11 is 0. The first-order valence-electron chi connectivity index (χ1n) is 7.88. The van der Waals surface area contributed by atoms with Gasteiger partial charge in [-0.15, -0.1) is 0 Å². The minimum atomic E-state index is -0.231. The zero-order valence-corrected chi connectivity index (χ0v) is 12.6. The molecule has 1 saturated heterocycles. The Hall–Kier alpha value is -1.55. The Morgan fingerprint density at radius 2 is 2.10 bits per heavy atom. The molecule has 1 aliphatic heterocycles. The summed E-state index contributed by atoms with van der Waals surface area (Å²) in [7, 11) is 0. The maximum Gasteiger partial charge on any atom is 0.229 e. The second-order valence-corrected chi connectivity index (χ2v) is 6.64. The molecule has 0 atom stereocenters. The number of nitrogens with zero attached hydrogens (tertiary/aromatic N) is 1. The highest BCUT2D eigenvalue weighted by Gasteiger charge is 2.42. The first-order chi connectivity index (χ1) is 10.1. The molecule has 2 aliphatic rings. The van der Waals surface area contributed by atoms with E-state index in [0.717, 1.165) is 44.3 Å². The highest BCUT2D eigenvalue weighted by atomic mass is 16.3. The number of carbonyl (C=O) groups excluding carboxylic acids is 1. The Morgan fingerprint density at radius 1 is 1.38 bits per heavy atom. The molecular formula is C17H24N2O2. The summed E-state index contributed by atoms with van der Waals surface area (Å²) in [6.07, 6.45) is 4.04. The summed E-state index contributed by atoms with van der Waals surface area (Å²) in [6.45, 7) is 4.56. The SMILES string of the molecule is CC1(C(=O)N(Cc2cccc(O)c2)C2CC2)CCNCC1. The average molecular weight is 288 g/mol. The fraction of sp³-hybridized carbons (Fsp3) is 0.588. The van der Waals surface area contributed by atoms with Crippen molar-refractivity contribution in [3.63, 3.8) is 0 Å². The van der Waals surface area contributed by atoms with E-state index >= 15 is 0 Å². The molecule has 0 radical (unpaired) electrons. The van der Waals surface area contributed by atoms with E-state index in [-0.39, 0.29) is 17.1 Å². The first kappa shape index (κ1) is 14.4. The summed E-state index contributed by atoms with van der Waals surface area (Å²) in [5, 5.41) is 12.9. The van der Waals surface area contributed by atoms with Crippen LogP contribution >= 0.6 is 0 Å². The van der Waals surface area contributed by atoms with Crippen molar-refractivity contribution in [2.24, 2.45) is 5.41 Å². The van der Waals surface area contributed by atoms with Crippen molar-refractivity contribution in [2.45, 2.75) is 45.2 Å². The highest BCUT2D eigenvalue weighted by Crippen LogP contribution is 2.36. The molecule has 4 heteroatoms. The molecule has 2 N–H and O–H groups in total. The second kappa shape index (κ2) is 5.68. The molecule has 0 spiro atoms. The van der Waals surface area contributed by atoms with Gasteiger partial charge >= 0.3 is 0 Å². The number of rotatable bonds is 4. The fourth-order valence-corrected chi connectivity index (χ4v) is 3.14. The van der Waals surface area contributed by atoms with Crippen molar-refractivity contribution < 1.29 is 9.90 Å². The van der Waals surface area contributed by atoms with Gasteiger partial charge in [-0.3, -0.25) is 4.79 Å². The van der Waals surface area contributed by atoms with Crippen molar-refractivity contribution in [1.82, 2.24) is 10.2 Å². The quantitative estimate of drug-likeness (QED) is 0.893. The fourth-order valence-electron chi connectivity index (χ4n) is 3.14. The maximum absolute atomic E-state index is 13.0. The van der Waals surface area contributed by atoms with Gasteiger partial charge in [-0.1, -0.05) is 19.1 Å². The van der Waals surface area contributed by atoms with Gasteiger partial charge in [0, 0.05) is 18.0 Å². The molecule has 1 aromatic carbocycles. The molecule has 0 aromatic heterocycles. The third kappa shape index (κ3) is 3.21. The molecule has 21 heavy (non-hydrogen) atoms. The van der Waals surface area contributed by atoms with Crippen LogP contribution in [0.15, 0.2) is 24.3 Å². The van der Waals surface area contributed by atoms with E-state index < -0.39 is 0 Å². The van der Waals surface area contributed by atoms with Crippen LogP contribution in [0.1, 0.15) is 38.2 Å². The molecule has 4 nitrogen and oxygen atoms in total. The zero-order valence-electron chi connectivity index (χ0n) is 12.6. The monoisotopic (exact) mass is 288 g/mol. The molecule has 114 valence electrons. The Bertz CT molecular complexity index is 519. The Morgan fingerprint density at radius 3 is 2.71 bits per heavy atom. The van der Waals surface area contributed by atoms with Gasteiger partial charge in [0.15, 0.2) is 0 Å². The Labute approximate surface area is 126 Å². The molecule has 1 amide bonds. The standard InChI is InChI=1S/C17H24N2O2/c1-17(7-9-18-10-8-17)16(21)19(14-5-6-14)12-13-3-2-4-15(20)11-13/h2-4,11,14,18,20H,5-10,12H2,1H3. The van der Waals surface area contributed by atoms with Gasteiger partial charge in [-0.2, -0.15) is 0 Å². The summed E-state index contributed by atoms with van der Waals surface area (Å²) < 4.78 is 0. The van der Waals surface area contributed by atoms with E-state index in [2.05, 4.69) is 12.2 Å². The molecular weight excluding hydrogens is 264 g/mol. The van der Waals surface area contributed by atoms with E-state index in [0.29, 0.717) is 12.6 Å². The van der Waals surface area contributed by atoms with Gasteiger partial charge in [-0.25, -0.2) is 0 Å². The van der Waals surface area contributed by atoms with Crippen molar-refractivity contribution in [1.29, 1.82) is 0 Å². The van der Waals surface area contributed by atoms with Crippen LogP contribution in [0.5, 0.6) is 5.75 Å². The highest BCUT2D eigenvalue weighted by molar-refractivity contribution is 5.83. The van der Waals surface area contributed by atoms with Crippen molar-refractivity contribution in [3.8, 4) is 5.75 Å². The van der Waals surface area contributed by atoms with Crippen LogP contribution in [0.25, 0.3) is 0 Å². The van der Waals surface area contributed by atoms with Gasteiger partial charge in [0.05, 0.1) is 0 Å². The van der Waals surface area contributed by atoms with Crippen LogP contribution in [0.2, 0.25) is 0 Å². The predicted molar refractivity (Wildman–Crippen MR) is 81.9 cm³/mol. The molecule has 3 rings (SSSR count). The topological polar surface area (TPSA) is 52.6 Å². The van der Waals surface area contributed by atoms with E-state index in [9.17, 15) is 9.90 Å². The summed E-state index contributed by atoms with van der Waals surface area (Å²) in [5.74, 6) is 0.554. The molecule has 1 saturated carbocycles. The van der Waals surface area contributed by atoms with E-state index in [4.69, 9.17) is 0 Å². The predicted octanol–water partition coefficient (Wildman–Crippen LogP) is 2.27. The zero-order chi connectivity index (χ0) is 14.9. The lowest BCUT2D eigenvalue weighted by Crippen LogP contribution is -2.48. The number of phenolic OH excluding ortho intramolecular Hbond substituents is 1. The second-order valence-electron chi connectivity index (χ2n) is 6.64. The van der Waals surface area contributed by atoms with E-state index in [1.54, 1.807) is 12.1 Å². The molecule has 1 heterocycles. The molecule has 0 unspecified atom stereocenters. The Kier molecular flexibility index (Phi) is 3.89. The number of amides is 1. The van der Waals surface area contributed by atoms with E-state index in [1.807, 2.05) is 17.0 Å². The molecule has 0 bridgehead atoms. The van der Waals surface area contributed by atoms with Crippen LogP contribution in [-0.2, 0) is 11.3 Å². The molecule has 1 aromatic rings. The maximum atomic E-state index is 13.0. The van der Waals surface area contributed by atoms with Gasteiger partial charge < -0.3 is 15.3 Å². The number of aromatic hydroxyl groups is 1. The number of piperidine rings is 1. The van der Waals surface area contributed by atoms with Crippen LogP contribution in [-0.4, -0.2) is 35.0 Å². The summed E-state index contributed by atoms with van der Waals surface area (Å²) in [5.41, 5.74) is 0.776. The minimum absolute atomic E-state index is 0.231. The number of phenols is 1. The van der Waals surface area contributed by atoms with Crippen LogP contribution < -0.4 is 5.32 Å². The van der Waals surface area contributed by atoms with Gasteiger partial charge in [0.1, 0.15) is 5.75 Å². The summed E-state index contributed by atoms with van der Waals surface area (Å²) in [4.78, 5) is 15.1. The van der Waals surface area contributed by atoms with Crippen molar-refractivity contribution in [2.75, 3.05) is 13.1 Å². The average Bonchev–Trinajstić information content (AvgIpc) is 3.29. The van der Waals surface area contributed by atoms with Crippen LogP contribution in [0, 0.1) is 5.41 Å². The Balaban J connectivity index is 1.76. The lowest BCUT2D eigenvalue weighted by Gasteiger charge is -2.37. The van der Waals surface area contributed by atoms with Crippen LogP contribution in [0.4, 0.5) is 0 Å². The third-order valence-electron chi connectivity index (χ3n) is 4.74. The number of benzene rings is 1. The molecule has 1 aliphatic carbocycles. The van der Waals surface area contributed by atoms with Crippen molar-refractivity contribution >= 4 is 5.91 Å². The summed E-state index contributed by atoms with van der Waals surface area (Å²) in [6, 6.07) is 7.64. The van der Waals surface area contributed by atoms with Gasteiger partial charge in [0.2, 0.25) is 5.91 Å². The lowest BCUT2D eigenvalue weighted by atomic mass is 9.79. The number of carbonyl (C=O) groups is 1. The third-order valence-corrected chi connectivity index (χ3v) is 4.74. The van der Waals surface area contributed by atoms with Gasteiger partial charge in [-0.05, 0) is 56.5 Å². The minimum Gasteiger partial charge on any atom is -0.508 e. The van der Waals surface area contributed by atoms with E-state index in [1.165, 1.54) is 0 Å². The number of hydrogen-bond acceptors (Lipinski definition) is 3. The largest absolute Gasteiger partial charge is 0.508 e. The van der Waals surface area contributed by atoms with Crippen molar-refractivity contribution in [3.05, 3.63) is 29.8 Å². The lowest BCUT2D eigenvalue weighted by molar-refractivity contribution is -0.144. The number of nitrogens with one attached hydrogen (secondary N) is 1. The number of hydrogen-bond donors (Lipinski definition) is 2. The first-order valence-corrected chi connectivity index (χ1v) is 7.88. The normalized spacial score (nSPS) is 21.0. The molecule has 2 fully saturated rings.